The first-order chi connectivity index (χ1) is 7.43. The van der Waals surface area contributed by atoms with Crippen molar-refractivity contribution >= 4 is 21.7 Å². The third kappa shape index (κ3) is 1.49. The van der Waals surface area contributed by atoms with Crippen LogP contribution in [-0.4, -0.2) is 15.0 Å². The highest BCUT2D eigenvalue weighted by Crippen LogP contribution is 2.27. The van der Waals surface area contributed by atoms with E-state index in [1.54, 1.807) is 29.9 Å². The predicted molar refractivity (Wildman–Crippen MR) is 60.6 cm³/mol. The van der Waals surface area contributed by atoms with Gasteiger partial charge in [-0.2, -0.15) is 0 Å². The Hall–Kier alpha value is -1.81. The SMILES string of the molecule is c1cnc2sc(-c3ccncc3)nc2c1. The molecule has 0 amide bonds. The lowest BCUT2D eigenvalue weighted by Crippen LogP contribution is -1.75. The van der Waals surface area contributed by atoms with Crippen LogP contribution in [0.2, 0.25) is 0 Å². The number of hydrogen-bond acceptors (Lipinski definition) is 4. The molecule has 3 rings (SSSR count). The third-order valence-corrected chi connectivity index (χ3v) is 3.12. The van der Waals surface area contributed by atoms with Gasteiger partial charge in [0, 0.05) is 24.2 Å². The molecule has 72 valence electrons. The molecule has 0 aliphatic heterocycles. The van der Waals surface area contributed by atoms with Gasteiger partial charge >= 0.3 is 0 Å². The zero-order valence-corrected chi connectivity index (χ0v) is 8.61. The molecule has 15 heavy (non-hydrogen) atoms. The van der Waals surface area contributed by atoms with E-state index >= 15 is 0 Å². The summed E-state index contributed by atoms with van der Waals surface area (Å²) >= 11 is 1.60. The molecule has 0 radical (unpaired) electrons. The molecule has 4 heteroatoms. The van der Waals surface area contributed by atoms with E-state index in [-0.39, 0.29) is 0 Å². The normalized spacial score (nSPS) is 10.7. The van der Waals surface area contributed by atoms with Crippen LogP contribution in [0.5, 0.6) is 0 Å². The zero-order valence-electron chi connectivity index (χ0n) is 7.79. The van der Waals surface area contributed by atoms with Crippen molar-refractivity contribution in [3.63, 3.8) is 0 Å². The molecular weight excluding hydrogens is 206 g/mol. The van der Waals surface area contributed by atoms with Gasteiger partial charge in [-0.15, -0.1) is 0 Å². The molecule has 0 bridgehead atoms. The van der Waals surface area contributed by atoms with Crippen LogP contribution in [0.1, 0.15) is 0 Å². The van der Waals surface area contributed by atoms with Gasteiger partial charge in [0.2, 0.25) is 0 Å². The number of aromatic nitrogens is 3. The Labute approximate surface area is 90.5 Å². The molecule has 0 saturated heterocycles. The van der Waals surface area contributed by atoms with Crippen molar-refractivity contribution in [3.05, 3.63) is 42.9 Å². The van der Waals surface area contributed by atoms with Crippen LogP contribution in [0.4, 0.5) is 0 Å². The van der Waals surface area contributed by atoms with Crippen LogP contribution in [0.3, 0.4) is 0 Å². The molecule has 3 heterocycles. The summed E-state index contributed by atoms with van der Waals surface area (Å²) in [4.78, 5) is 13.7. The minimum absolute atomic E-state index is 0.953. The first kappa shape index (κ1) is 8.49. The largest absolute Gasteiger partial charge is 0.265 e. The zero-order chi connectivity index (χ0) is 10.1. The number of rotatable bonds is 1. The first-order valence-electron chi connectivity index (χ1n) is 4.55. The quantitative estimate of drug-likeness (QED) is 0.624. The molecule has 0 spiro atoms. The van der Waals surface area contributed by atoms with E-state index in [2.05, 4.69) is 15.0 Å². The standard InChI is InChI=1S/C11H7N3S/c1-2-9-11(13-5-1)15-10(14-9)8-3-6-12-7-4-8/h1-7H. The fourth-order valence-corrected chi connectivity index (χ4v) is 2.30. The van der Waals surface area contributed by atoms with Gasteiger partial charge in [0.25, 0.3) is 0 Å². The summed E-state index contributed by atoms with van der Waals surface area (Å²) in [7, 11) is 0. The van der Waals surface area contributed by atoms with E-state index in [1.165, 1.54) is 0 Å². The number of pyridine rings is 2. The molecule has 0 aromatic carbocycles. The first-order valence-corrected chi connectivity index (χ1v) is 5.37. The maximum absolute atomic E-state index is 4.51. The van der Waals surface area contributed by atoms with Gasteiger partial charge in [-0.05, 0) is 24.3 Å². The molecule has 0 saturated carbocycles. The van der Waals surface area contributed by atoms with Gasteiger partial charge < -0.3 is 0 Å². The lowest BCUT2D eigenvalue weighted by atomic mass is 10.3. The Kier molecular flexibility index (Phi) is 1.93. The van der Waals surface area contributed by atoms with Crippen molar-refractivity contribution in [2.24, 2.45) is 0 Å². The van der Waals surface area contributed by atoms with Gasteiger partial charge in [-0.3, -0.25) is 4.98 Å². The van der Waals surface area contributed by atoms with E-state index in [9.17, 15) is 0 Å². The highest BCUT2D eigenvalue weighted by atomic mass is 32.1. The minimum Gasteiger partial charge on any atom is -0.265 e. The average Bonchev–Trinajstić information content (AvgIpc) is 2.74. The van der Waals surface area contributed by atoms with Crippen LogP contribution in [0, 0.1) is 0 Å². The fraction of sp³-hybridized carbons (Fsp3) is 0. The average molecular weight is 213 g/mol. The molecule has 0 fully saturated rings. The monoisotopic (exact) mass is 213 g/mol. The minimum atomic E-state index is 0.953. The number of fused-ring (bicyclic) bond motifs is 1. The Morgan fingerprint density at radius 3 is 2.67 bits per heavy atom. The molecule has 0 atom stereocenters. The summed E-state index contributed by atoms with van der Waals surface area (Å²) in [5.41, 5.74) is 2.04. The summed E-state index contributed by atoms with van der Waals surface area (Å²) in [6.45, 7) is 0. The van der Waals surface area contributed by atoms with Gasteiger partial charge in [0.15, 0.2) is 0 Å². The molecule has 3 aromatic rings. The lowest BCUT2D eigenvalue weighted by Gasteiger charge is -1.91. The Balaban J connectivity index is 2.21. The Bertz CT molecular complexity index is 556. The van der Waals surface area contributed by atoms with Crippen LogP contribution < -0.4 is 0 Å². The van der Waals surface area contributed by atoms with E-state index in [0.717, 1.165) is 20.9 Å². The van der Waals surface area contributed by atoms with Gasteiger partial charge in [-0.25, -0.2) is 9.97 Å². The third-order valence-electron chi connectivity index (χ3n) is 2.09. The van der Waals surface area contributed by atoms with Crippen LogP contribution in [-0.2, 0) is 0 Å². The topological polar surface area (TPSA) is 38.7 Å². The van der Waals surface area contributed by atoms with Crippen LogP contribution >= 0.6 is 11.3 Å². The molecule has 0 N–H and O–H groups in total. The summed E-state index contributed by atoms with van der Waals surface area (Å²) < 4.78 is 0. The summed E-state index contributed by atoms with van der Waals surface area (Å²) in [6, 6.07) is 7.79. The number of hydrogen-bond donors (Lipinski definition) is 0. The highest BCUT2D eigenvalue weighted by molar-refractivity contribution is 7.21. The highest BCUT2D eigenvalue weighted by Gasteiger charge is 2.05. The molecule has 0 aliphatic carbocycles. The number of thiazole rings is 1. The molecule has 3 nitrogen and oxygen atoms in total. The van der Waals surface area contributed by atoms with Crippen molar-refractivity contribution in [2.75, 3.05) is 0 Å². The number of nitrogens with zero attached hydrogens (tertiary/aromatic N) is 3. The fourth-order valence-electron chi connectivity index (χ4n) is 1.39. The predicted octanol–water partition coefficient (Wildman–Crippen LogP) is 2.75. The van der Waals surface area contributed by atoms with Gasteiger partial charge in [-0.1, -0.05) is 11.3 Å². The second-order valence-corrected chi connectivity index (χ2v) is 4.06. The Morgan fingerprint density at radius 1 is 1.00 bits per heavy atom. The summed E-state index contributed by atoms with van der Waals surface area (Å²) in [5, 5.41) is 0.992. The second-order valence-electron chi connectivity index (χ2n) is 3.08. The summed E-state index contributed by atoms with van der Waals surface area (Å²) in [5.74, 6) is 0. The van der Waals surface area contributed by atoms with E-state index < -0.39 is 0 Å². The maximum atomic E-state index is 4.51. The molecule has 3 aromatic heterocycles. The maximum Gasteiger partial charge on any atom is 0.143 e. The lowest BCUT2D eigenvalue weighted by molar-refractivity contribution is 1.32. The second kappa shape index (κ2) is 3.40. The molecule has 0 unspecified atom stereocenters. The smallest absolute Gasteiger partial charge is 0.143 e. The van der Waals surface area contributed by atoms with E-state index in [1.807, 2.05) is 24.3 Å². The van der Waals surface area contributed by atoms with Crippen LogP contribution in [0.15, 0.2) is 42.9 Å². The van der Waals surface area contributed by atoms with Gasteiger partial charge in [0.05, 0.1) is 0 Å². The van der Waals surface area contributed by atoms with Crippen molar-refractivity contribution in [1.29, 1.82) is 0 Å². The van der Waals surface area contributed by atoms with Crippen molar-refractivity contribution in [3.8, 4) is 10.6 Å². The molecule has 0 aliphatic rings. The Morgan fingerprint density at radius 2 is 1.87 bits per heavy atom. The van der Waals surface area contributed by atoms with Crippen molar-refractivity contribution in [1.82, 2.24) is 15.0 Å². The molecular formula is C11H7N3S. The van der Waals surface area contributed by atoms with E-state index in [4.69, 9.17) is 0 Å². The summed E-state index contributed by atoms with van der Waals surface area (Å²) in [6.07, 6.45) is 5.33. The van der Waals surface area contributed by atoms with Crippen LogP contribution in [0.25, 0.3) is 20.9 Å². The van der Waals surface area contributed by atoms with Crippen molar-refractivity contribution < 1.29 is 0 Å². The van der Waals surface area contributed by atoms with E-state index in [0.29, 0.717) is 0 Å². The van der Waals surface area contributed by atoms with Gasteiger partial charge in [0.1, 0.15) is 15.4 Å². The van der Waals surface area contributed by atoms with Crippen molar-refractivity contribution in [2.45, 2.75) is 0 Å².